The summed E-state index contributed by atoms with van der Waals surface area (Å²) in [6.07, 6.45) is 0. The molecule has 0 fully saturated rings. The molecule has 0 aromatic heterocycles. The van der Waals surface area contributed by atoms with Crippen LogP contribution in [0.25, 0.3) is 0 Å². The van der Waals surface area contributed by atoms with Gasteiger partial charge in [0.15, 0.2) is 4.84 Å². The van der Waals surface area contributed by atoms with Gasteiger partial charge in [-0.2, -0.15) is 0 Å². The summed E-state index contributed by atoms with van der Waals surface area (Å²) >= 11 is 16.2. The number of hydrogen-bond acceptors (Lipinski definition) is 3. The van der Waals surface area contributed by atoms with Crippen LogP contribution in [0.3, 0.4) is 0 Å². The molecule has 0 radical (unpaired) electrons. The molecule has 0 bridgehead atoms. The van der Waals surface area contributed by atoms with E-state index < -0.39 is 15.7 Å². The van der Waals surface area contributed by atoms with Crippen LogP contribution in [0.15, 0.2) is 18.2 Å². The number of carbonyl (C=O) groups excluding carboxylic acids is 1. The van der Waals surface area contributed by atoms with Gasteiger partial charge in [0.25, 0.3) is 11.6 Å². The minimum absolute atomic E-state index is 0.00861. The molecule has 0 spiro atoms. The Morgan fingerprint density at radius 2 is 2.06 bits per heavy atom. The standard InChI is InChI=1S/C8H5Cl3N2O3/c9-4-1-2-5(6(3-4)13(15)16)12-8(14)7(10)11/h1-3,7H,(H,12,14). The number of nitrogens with one attached hydrogen (secondary N) is 1. The predicted octanol–water partition coefficient (Wildman–Crippen LogP) is 2.99. The van der Waals surface area contributed by atoms with E-state index in [1.807, 2.05) is 0 Å². The van der Waals surface area contributed by atoms with Crippen molar-refractivity contribution in [3.05, 3.63) is 33.3 Å². The van der Waals surface area contributed by atoms with Crippen LogP contribution in [0.1, 0.15) is 0 Å². The second-order valence-corrected chi connectivity index (χ2v) is 4.24. The van der Waals surface area contributed by atoms with E-state index in [9.17, 15) is 14.9 Å². The van der Waals surface area contributed by atoms with E-state index in [0.717, 1.165) is 6.07 Å². The maximum absolute atomic E-state index is 11.1. The van der Waals surface area contributed by atoms with Crippen molar-refractivity contribution in [2.24, 2.45) is 0 Å². The number of anilines is 1. The lowest BCUT2D eigenvalue weighted by molar-refractivity contribution is -0.383. The van der Waals surface area contributed by atoms with Crippen molar-refractivity contribution in [3.8, 4) is 0 Å². The number of amides is 1. The molecule has 0 saturated carbocycles. The molecule has 0 unspecified atom stereocenters. The van der Waals surface area contributed by atoms with Gasteiger partial charge in [-0.05, 0) is 12.1 Å². The quantitative estimate of drug-likeness (QED) is 0.526. The Balaban J connectivity index is 3.04. The van der Waals surface area contributed by atoms with Gasteiger partial charge in [0, 0.05) is 11.1 Å². The number of nitro benzene ring substituents is 1. The summed E-state index contributed by atoms with van der Waals surface area (Å²) in [6.45, 7) is 0. The van der Waals surface area contributed by atoms with Crippen molar-refractivity contribution in [2.75, 3.05) is 5.32 Å². The first-order chi connectivity index (χ1) is 7.41. The summed E-state index contributed by atoms with van der Waals surface area (Å²) in [5, 5.41) is 13.1. The number of hydrogen-bond donors (Lipinski definition) is 1. The molecule has 1 rings (SSSR count). The third-order valence-corrected chi connectivity index (χ3v) is 2.24. The highest BCUT2D eigenvalue weighted by Crippen LogP contribution is 2.28. The summed E-state index contributed by atoms with van der Waals surface area (Å²) in [5.74, 6) is -0.742. The monoisotopic (exact) mass is 282 g/mol. The maximum Gasteiger partial charge on any atom is 0.294 e. The van der Waals surface area contributed by atoms with E-state index in [1.54, 1.807) is 0 Å². The third kappa shape index (κ3) is 3.23. The van der Waals surface area contributed by atoms with Crippen molar-refractivity contribution in [2.45, 2.75) is 4.84 Å². The average molecular weight is 283 g/mol. The van der Waals surface area contributed by atoms with Crippen LogP contribution in [0.4, 0.5) is 11.4 Å². The fourth-order valence-electron chi connectivity index (χ4n) is 0.949. The molecular weight excluding hydrogens is 278 g/mol. The topological polar surface area (TPSA) is 72.2 Å². The highest BCUT2D eigenvalue weighted by Gasteiger charge is 2.19. The van der Waals surface area contributed by atoms with Gasteiger partial charge in [-0.1, -0.05) is 34.8 Å². The Morgan fingerprint density at radius 1 is 1.44 bits per heavy atom. The van der Waals surface area contributed by atoms with Gasteiger partial charge >= 0.3 is 0 Å². The lowest BCUT2D eigenvalue weighted by Gasteiger charge is -2.06. The van der Waals surface area contributed by atoms with Gasteiger partial charge in [-0.25, -0.2) is 0 Å². The molecule has 0 saturated heterocycles. The van der Waals surface area contributed by atoms with Crippen molar-refractivity contribution in [1.29, 1.82) is 0 Å². The van der Waals surface area contributed by atoms with Crippen LogP contribution >= 0.6 is 34.8 Å². The van der Waals surface area contributed by atoms with Crippen LogP contribution in [0.5, 0.6) is 0 Å². The van der Waals surface area contributed by atoms with Crippen LogP contribution in [-0.2, 0) is 4.79 Å². The van der Waals surface area contributed by atoms with E-state index in [1.165, 1.54) is 12.1 Å². The van der Waals surface area contributed by atoms with Gasteiger partial charge in [0.05, 0.1) is 4.92 Å². The van der Waals surface area contributed by atoms with Gasteiger partial charge in [0.2, 0.25) is 0 Å². The van der Waals surface area contributed by atoms with Gasteiger partial charge < -0.3 is 5.32 Å². The fourth-order valence-corrected chi connectivity index (χ4v) is 1.22. The summed E-state index contributed by atoms with van der Waals surface area (Å²) in [6, 6.07) is 3.82. The number of nitro groups is 1. The molecule has 1 amide bonds. The summed E-state index contributed by atoms with van der Waals surface area (Å²) in [7, 11) is 0. The Morgan fingerprint density at radius 3 is 2.56 bits per heavy atom. The van der Waals surface area contributed by atoms with Crippen molar-refractivity contribution in [3.63, 3.8) is 0 Å². The molecule has 0 heterocycles. The number of benzene rings is 1. The Hall–Kier alpha value is -1.04. The van der Waals surface area contributed by atoms with Crippen LogP contribution in [0, 0.1) is 10.1 Å². The number of carbonyl (C=O) groups is 1. The van der Waals surface area contributed by atoms with E-state index in [4.69, 9.17) is 34.8 Å². The third-order valence-electron chi connectivity index (χ3n) is 1.61. The molecule has 0 aliphatic rings. The maximum atomic E-state index is 11.1. The number of nitrogens with zero attached hydrogens (tertiary/aromatic N) is 1. The smallest absolute Gasteiger partial charge is 0.294 e. The second-order valence-electron chi connectivity index (χ2n) is 2.71. The van der Waals surface area contributed by atoms with Crippen molar-refractivity contribution in [1.82, 2.24) is 0 Å². The van der Waals surface area contributed by atoms with E-state index in [2.05, 4.69) is 5.32 Å². The van der Waals surface area contributed by atoms with Crippen LogP contribution in [0.2, 0.25) is 5.02 Å². The largest absolute Gasteiger partial charge is 0.318 e. The number of halogens is 3. The Kier molecular flexibility index (Phi) is 4.35. The summed E-state index contributed by atoms with van der Waals surface area (Å²) in [5.41, 5.74) is -0.333. The van der Waals surface area contributed by atoms with Gasteiger partial charge in [-0.15, -0.1) is 0 Å². The van der Waals surface area contributed by atoms with E-state index >= 15 is 0 Å². The lowest BCUT2D eigenvalue weighted by atomic mass is 10.2. The highest BCUT2D eigenvalue weighted by atomic mass is 35.5. The molecule has 86 valence electrons. The molecule has 0 atom stereocenters. The van der Waals surface area contributed by atoms with Gasteiger partial charge in [0.1, 0.15) is 5.69 Å². The normalized spacial score (nSPS) is 10.2. The van der Waals surface area contributed by atoms with Crippen molar-refractivity contribution >= 4 is 52.1 Å². The lowest BCUT2D eigenvalue weighted by Crippen LogP contribution is -2.19. The predicted molar refractivity (Wildman–Crippen MR) is 62.2 cm³/mol. The van der Waals surface area contributed by atoms with Crippen LogP contribution in [-0.4, -0.2) is 15.7 Å². The Bertz CT molecular complexity index is 437. The molecule has 1 aromatic rings. The molecule has 1 aromatic carbocycles. The molecular formula is C8H5Cl3N2O3. The first-order valence-corrected chi connectivity index (χ1v) is 5.20. The summed E-state index contributed by atoms with van der Waals surface area (Å²) in [4.78, 5) is 19.8. The molecule has 1 N–H and O–H groups in total. The Labute approximate surface area is 105 Å². The molecule has 16 heavy (non-hydrogen) atoms. The number of alkyl halides is 2. The first kappa shape index (κ1) is 13.0. The van der Waals surface area contributed by atoms with Crippen LogP contribution < -0.4 is 5.32 Å². The first-order valence-electron chi connectivity index (χ1n) is 3.95. The molecule has 5 nitrogen and oxygen atoms in total. The number of rotatable bonds is 3. The molecule has 0 aliphatic carbocycles. The zero-order valence-corrected chi connectivity index (χ0v) is 9.88. The minimum Gasteiger partial charge on any atom is -0.318 e. The SMILES string of the molecule is O=C(Nc1ccc(Cl)cc1[N+](=O)[O-])C(Cl)Cl. The summed E-state index contributed by atoms with van der Waals surface area (Å²) < 4.78 is 0. The zero-order valence-electron chi connectivity index (χ0n) is 7.62. The second kappa shape index (κ2) is 5.34. The molecule has 8 heteroatoms. The average Bonchev–Trinajstić information content (AvgIpc) is 2.20. The zero-order chi connectivity index (χ0) is 12.3. The fraction of sp³-hybridized carbons (Fsp3) is 0.125. The highest BCUT2D eigenvalue weighted by molar-refractivity contribution is 6.54. The minimum atomic E-state index is -1.30. The van der Waals surface area contributed by atoms with E-state index in [-0.39, 0.29) is 16.4 Å². The molecule has 0 aliphatic heterocycles. The van der Waals surface area contributed by atoms with Crippen molar-refractivity contribution < 1.29 is 9.72 Å². The van der Waals surface area contributed by atoms with E-state index in [0.29, 0.717) is 0 Å². The van der Waals surface area contributed by atoms with Gasteiger partial charge in [-0.3, -0.25) is 14.9 Å².